The number of alkyl halides is 3. The lowest BCUT2D eigenvalue weighted by Gasteiger charge is -2.19. The molecule has 0 fully saturated rings. The van der Waals surface area contributed by atoms with Crippen molar-refractivity contribution >= 4 is 5.97 Å². The second-order valence-corrected chi connectivity index (χ2v) is 8.16. The van der Waals surface area contributed by atoms with Gasteiger partial charge in [0.2, 0.25) is 0 Å². The number of rotatable bonds is 10. The molecule has 1 aromatic heterocycles. The molecule has 0 bridgehead atoms. The van der Waals surface area contributed by atoms with Gasteiger partial charge in [0.05, 0.1) is 12.8 Å². The minimum absolute atomic E-state index is 0.352. The number of hydrogen-bond donors (Lipinski definition) is 2. The Bertz CT molecular complexity index is 1400. The Hall–Kier alpha value is -4.67. The monoisotopic (exact) mass is 528 g/mol. The van der Waals surface area contributed by atoms with Gasteiger partial charge >= 0.3 is 12.3 Å². The standard InChI is InChI=1S/C27H23F3N2O6/c1-16-12-20(10-11-24(16)36-15-25(33)34)37-26(17-6-8-19(35-2)9-7-17)23-14-22(31-32-23)18-4-3-5-21(13-18)38-27(28,29)30/h3-14,26H,15H2,1-2H3,(H,31,32)(H,33,34). The average molecular weight is 528 g/mol. The van der Waals surface area contributed by atoms with Crippen LogP contribution in [-0.4, -0.2) is 41.4 Å². The van der Waals surface area contributed by atoms with Crippen LogP contribution in [0.3, 0.4) is 0 Å². The zero-order chi connectivity index (χ0) is 27.3. The number of nitrogens with one attached hydrogen (secondary N) is 1. The molecular formula is C27H23F3N2O6. The summed E-state index contributed by atoms with van der Waals surface area (Å²) in [5, 5.41) is 16.1. The predicted octanol–water partition coefficient (Wildman–Crippen LogP) is 5.92. The minimum Gasteiger partial charge on any atom is -0.497 e. The maximum absolute atomic E-state index is 12.7. The van der Waals surface area contributed by atoms with Crippen molar-refractivity contribution in [2.75, 3.05) is 13.7 Å². The molecule has 4 aromatic rings. The number of aromatic amines is 1. The molecule has 2 N–H and O–H groups in total. The third-order valence-corrected chi connectivity index (χ3v) is 5.41. The van der Waals surface area contributed by atoms with Gasteiger partial charge in [0.15, 0.2) is 12.7 Å². The first-order chi connectivity index (χ1) is 18.1. The van der Waals surface area contributed by atoms with Crippen molar-refractivity contribution in [3.8, 4) is 34.3 Å². The number of halogens is 3. The van der Waals surface area contributed by atoms with E-state index in [4.69, 9.17) is 19.3 Å². The molecule has 38 heavy (non-hydrogen) atoms. The molecule has 198 valence electrons. The zero-order valence-corrected chi connectivity index (χ0v) is 20.3. The molecule has 11 heteroatoms. The maximum Gasteiger partial charge on any atom is 0.573 e. The van der Waals surface area contributed by atoms with E-state index >= 15 is 0 Å². The molecular weight excluding hydrogens is 505 g/mol. The first kappa shape index (κ1) is 26.4. The van der Waals surface area contributed by atoms with Gasteiger partial charge in [-0.2, -0.15) is 5.10 Å². The van der Waals surface area contributed by atoms with E-state index in [1.807, 2.05) is 12.1 Å². The summed E-state index contributed by atoms with van der Waals surface area (Å²) in [7, 11) is 1.55. The Morgan fingerprint density at radius 3 is 2.39 bits per heavy atom. The molecule has 4 rings (SSSR count). The lowest BCUT2D eigenvalue weighted by molar-refractivity contribution is -0.274. The quantitative estimate of drug-likeness (QED) is 0.263. The minimum atomic E-state index is -4.81. The van der Waals surface area contributed by atoms with Crippen molar-refractivity contribution in [2.45, 2.75) is 19.4 Å². The van der Waals surface area contributed by atoms with E-state index in [-0.39, 0.29) is 5.75 Å². The number of benzene rings is 3. The third kappa shape index (κ3) is 6.75. The number of hydrogen-bond acceptors (Lipinski definition) is 6. The number of methoxy groups -OCH3 is 1. The first-order valence-corrected chi connectivity index (χ1v) is 11.3. The van der Waals surface area contributed by atoms with Crippen LogP contribution in [-0.2, 0) is 4.79 Å². The van der Waals surface area contributed by atoms with Gasteiger partial charge in [-0.15, -0.1) is 13.2 Å². The molecule has 0 saturated carbocycles. The predicted molar refractivity (Wildman–Crippen MR) is 130 cm³/mol. The van der Waals surface area contributed by atoms with Gasteiger partial charge < -0.3 is 24.1 Å². The van der Waals surface area contributed by atoms with Crippen molar-refractivity contribution in [1.29, 1.82) is 0 Å². The number of carboxylic acids is 1. The molecule has 1 unspecified atom stereocenters. The number of nitrogens with zero attached hydrogens (tertiary/aromatic N) is 1. The summed E-state index contributed by atoms with van der Waals surface area (Å²) < 4.78 is 58.8. The van der Waals surface area contributed by atoms with Crippen LogP contribution in [0, 0.1) is 6.92 Å². The van der Waals surface area contributed by atoms with Crippen LogP contribution in [0.15, 0.2) is 72.8 Å². The Balaban J connectivity index is 1.64. The summed E-state index contributed by atoms with van der Waals surface area (Å²) in [6.07, 6.45) is -5.51. The molecule has 0 aliphatic rings. The second kappa shape index (κ2) is 11.2. The van der Waals surface area contributed by atoms with Gasteiger partial charge in [-0.3, -0.25) is 5.10 Å². The summed E-state index contributed by atoms with van der Waals surface area (Å²) in [6, 6.07) is 19.4. The topological polar surface area (TPSA) is 103 Å². The lowest BCUT2D eigenvalue weighted by atomic mass is 10.0. The smallest absolute Gasteiger partial charge is 0.497 e. The Morgan fingerprint density at radius 1 is 1.00 bits per heavy atom. The number of carboxylic acid groups (broad SMARTS) is 1. The molecule has 1 heterocycles. The van der Waals surface area contributed by atoms with Crippen molar-refractivity contribution in [1.82, 2.24) is 10.2 Å². The highest BCUT2D eigenvalue weighted by molar-refractivity contribution is 5.68. The molecule has 0 amide bonds. The maximum atomic E-state index is 12.7. The Labute approximate surface area is 215 Å². The number of aromatic nitrogens is 2. The summed E-state index contributed by atoms with van der Waals surface area (Å²) in [5.41, 5.74) is 2.78. The number of H-pyrrole nitrogens is 1. The van der Waals surface area contributed by atoms with E-state index < -0.39 is 25.0 Å². The number of ether oxygens (including phenoxy) is 4. The van der Waals surface area contributed by atoms with Crippen LogP contribution in [0.25, 0.3) is 11.3 Å². The molecule has 1 atom stereocenters. The van der Waals surface area contributed by atoms with Gasteiger partial charge in [0.1, 0.15) is 28.7 Å². The van der Waals surface area contributed by atoms with Crippen LogP contribution in [0.5, 0.6) is 23.0 Å². The van der Waals surface area contributed by atoms with E-state index in [1.54, 1.807) is 56.5 Å². The first-order valence-electron chi connectivity index (χ1n) is 11.3. The fraction of sp³-hybridized carbons (Fsp3) is 0.185. The van der Waals surface area contributed by atoms with Crippen molar-refractivity contribution in [2.24, 2.45) is 0 Å². The fourth-order valence-electron chi connectivity index (χ4n) is 3.69. The highest BCUT2D eigenvalue weighted by atomic mass is 19.4. The van der Waals surface area contributed by atoms with Crippen LogP contribution in [0.2, 0.25) is 0 Å². The molecule has 0 spiro atoms. The molecule has 3 aromatic carbocycles. The molecule has 0 saturated heterocycles. The van der Waals surface area contributed by atoms with E-state index in [9.17, 15) is 18.0 Å². The van der Waals surface area contributed by atoms with Crippen LogP contribution in [0.1, 0.15) is 22.9 Å². The van der Waals surface area contributed by atoms with Gasteiger partial charge in [-0.1, -0.05) is 24.3 Å². The third-order valence-electron chi connectivity index (χ3n) is 5.41. The average Bonchev–Trinajstić information content (AvgIpc) is 3.36. The van der Waals surface area contributed by atoms with E-state index in [0.29, 0.717) is 39.8 Å². The largest absolute Gasteiger partial charge is 0.573 e. The normalized spacial score (nSPS) is 12.0. The van der Waals surface area contributed by atoms with Gasteiger partial charge in [-0.25, -0.2) is 4.79 Å². The summed E-state index contributed by atoms with van der Waals surface area (Å²) in [5.74, 6) is 0.0799. The second-order valence-electron chi connectivity index (χ2n) is 8.16. The van der Waals surface area contributed by atoms with Crippen LogP contribution < -0.4 is 18.9 Å². The SMILES string of the molecule is COc1ccc(C(Oc2ccc(OCC(=O)O)c(C)c2)c2cc(-c3cccc(OC(F)(F)F)c3)[nH]n2)cc1. The number of aryl methyl sites for hydroxylation is 1. The van der Waals surface area contributed by atoms with Crippen LogP contribution in [0.4, 0.5) is 13.2 Å². The van der Waals surface area contributed by atoms with Gasteiger partial charge in [0.25, 0.3) is 0 Å². The van der Waals surface area contributed by atoms with Gasteiger partial charge in [-0.05, 0) is 66.6 Å². The zero-order valence-electron chi connectivity index (χ0n) is 20.3. The fourth-order valence-corrected chi connectivity index (χ4v) is 3.69. The Kier molecular flexibility index (Phi) is 7.75. The molecule has 0 aliphatic heterocycles. The highest BCUT2D eigenvalue weighted by Gasteiger charge is 2.31. The van der Waals surface area contributed by atoms with E-state index in [2.05, 4.69) is 14.9 Å². The highest BCUT2D eigenvalue weighted by Crippen LogP contribution is 2.34. The lowest BCUT2D eigenvalue weighted by Crippen LogP contribution is -2.17. The molecule has 0 radical (unpaired) electrons. The van der Waals surface area contributed by atoms with Crippen LogP contribution >= 0.6 is 0 Å². The number of carbonyl (C=O) groups is 1. The number of aliphatic carboxylic acids is 1. The summed E-state index contributed by atoms with van der Waals surface area (Å²) >= 11 is 0. The molecule has 8 nitrogen and oxygen atoms in total. The van der Waals surface area contributed by atoms with E-state index in [1.165, 1.54) is 18.2 Å². The summed E-state index contributed by atoms with van der Waals surface area (Å²) in [4.78, 5) is 10.8. The van der Waals surface area contributed by atoms with E-state index in [0.717, 1.165) is 5.56 Å². The van der Waals surface area contributed by atoms with Crippen molar-refractivity contribution < 1.29 is 42.0 Å². The van der Waals surface area contributed by atoms with Crippen molar-refractivity contribution in [3.63, 3.8) is 0 Å². The van der Waals surface area contributed by atoms with Crippen molar-refractivity contribution in [3.05, 3.63) is 89.6 Å². The molecule has 0 aliphatic carbocycles. The summed E-state index contributed by atoms with van der Waals surface area (Å²) in [6.45, 7) is 1.29. The van der Waals surface area contributed by atoms with Gasteiger partial charge in [0, 0.05) is 5.56 Å². The Morgan fingerprint density at radius 2 is 1.74 bits per heavy atom.